The van der Waals surface area contributed by atoms with Gasteiger partial charge in [-0.05, 0) is 38.5 Å². The van der Waals surface area contributed by atoms with Gasteiger partial charge in [0.25, 0.3) is 5.91 Å². The highest BCUT2D eigenvalue weighted by atomic mass is 16.2. The number of carbonyl (C=O) groups excluding carboxylic acids is 1. The molecule has 0 radical (unpaired) electrons. The van der Waals surface area contributed by atoms with Crippen LogP contribution in [0.3, 0.4) is 0 Å². The number of nitrogens with one attached hydrogen (secondary N) is 1. The smallest absolute Gasteiger partial charge is 0.253 e. The van der Waals surface area contributed by atoms with E-state index in [-0.39, 0.29) is 5.91 Å². The molecule has 0 aliphatic carbocycles. The number of carbonyl (C=O) groups is 1. The maximum absolute atomic E-state index is 12.8. The molecular formula is C18H21N5O. The number of imidazole rings is 2. The van der Waals surface area contributed by atoms with Gasteiger partial charge >= 0.3 is 0 Å². The van der Waals surface area contributed by atoms with Crippen molar-refractivity contribution >= 4 is 16.9 Å². The molecule has 1 fully saturated rings. The van der Waals surface area contributed by atoms with Crippen LogP contribution in [0.5, 0.6) is 0 Å². The Balaban J connectivity index is 1.55. The summed E-state index contributed by atoms with van der Waals surface area (Å²) in [5, 5.41) is 0. The summed E-state index contributed by atoms with van der Waals surface area (Å²) >= 11 is 0. The molecule has 0 saturated carbocycles. The summed E-state index contributed by atoms with van der Waals surface area (Å²) in [5.74, 6) is 2.33. The Morgan fingerprint density at radius 3 is 2.88 bits per heavy atom. The average Bonchev–Trinajstić information content (AvgIpc) is 3.23. The first-order valence-electron chi connectivity index (χ1n) is 8.27. The topological polar surface area (TPSA) is 66.8 Å². The molecule has 3 aromatic rings. The summed E-state index contributed by atoms with van der Waals surface area (Å²) in [6.07, 6.45) is 3.00. The van der Waals surface area contributed by atoms with Gasteiger partial charge in [0.1, 0.15) is 11.6 Å². The normalized spacial score (nSPS) is 17.8. The molecule has 0 bridgehead atoms. The van der Waals surface area contributed by atoms with Crippen LogP contribution in [0.15, 0.2) is 24.4 Å². The monoisotopic (exact) mass is 323 g/mol. The molecule has 1 amide bonds. The van der Waals surface area contributed by atoms with Crippen LogP contribution in [0.1, 0.15) is 40.0 Å². The Hall–Kier alpha value is -2.63. The van der Waals surface area contributed by atoms with Crippen molar-refractivity contribution in [3.05, 3.63) is 47.3 Å². The van der Waals surface area contributed by atoms with Crippen molar-refractivity contribution in [2.24, 2.45) is 7.05 Å². The average molecular weight is 323 g/mol. The number of rotatable bonds is 2. The van der Waals surface area contributed by atoms with Gasteiger partial charge in [0.05, 0.1) is 16.7 Å². The number of aromatic nitrogens is 4. The molecule has 1 saturated heterocycles. The van der Waals surface area contributed by atoms with Crippen molar-refractivity contribution in [1.82, 2.24) is 24.4 Å². The largest absolute Gasteiger partial charge is 0.342 e. The second kappa shape index (κ2) is 5.47. The highest BCUT2D eigenvalue weighted by Crippen LogP contribution is 2.27. The van der Waals surface area contributed by atoms with E-state index in [0.717, 1.165) is 47.9 Å². The minimum atomic E-state index is 0.0811. The predicted molar refractivity (Wildman–Crippen MR) is 92.0 cm³/mol. The number of aromatic amines is 1. The predicted octanol–water partition coefficient (Wildman–Crippen LogP) is 2.54. The van der Waals surface area contributed by atoms with Crippen molar-refractivity contribution in [3.63, 3.8) is 0 Å². The maximum atomic E-state index is 12.8. The number of benzene rings is 1. The van der Waals surface area contributed by atoms with E-state index in [2.05, 4.69) is 19.5 Å². The zero-order valence-electron chi connectivity index (χ0n) is 14.2. The van der Waals surface area contributed by atoms with Gasteiger partial charge in [0.2, 0.25) is 0 Å². The van der Waals surface area contributed by atoms with E-state index in [0.29, 0.717) is 11.5 Å². The highest BCUT2D eigenvalue weighted by molar-refractivity contribution is 5.97. The van der Waals surface area contributed by atoms with Crippen molar-refractivity contribution < 1.29 is 4.79 Å². The van der Waals surface area contributed by atoms with Crippen LogP contribution in [-0.2, 0) is 7.05 Å². The molecule has 1 aromatic carbocycles. The number of hydrogen-bond acceptors (Lipinski definition) is 3. The van der Waals surface area contributed by atoms with E-state index in [1.807, 2.05) is 50.2 Å². The Labute approximate surface area is 140 Å². The number of likely N-dealkylation sites (tertiary alicyclic amines) is 1. The summed E-state index contributed by atoms with van der Waals surface area (Å²) in [6.45, 7) is 5.42. The molecule has 24 heavy (non-hydrogen) atoms. The lowest BCUT2D eigenvalue weighted by Crippen LogP contribution is -2.28. The van der Waals surface area contributed by atoms with Crippen LogP contribution in [0.25, 0.3) is 11.0 Å². The minimum absolute atomic E-state index is 0.0811. The van der Waals surface area contributed by atoms with Crippen molar-refractivity contribution in [3.8, 4) is 0 Å². The molecule has 124 valence electrons. The lowest BCUT2D eigenvalue weighted by Gasteiger charge is -2.16. The van der Waals surface area contributed by atoms with Crippen LogP contribution >= 0.6 is 0 Å². The van der Waals surface area contributed by atoms with E-state index >= 15 is 0 Å². The van der Waals surface area contributed by atoms with Crippen molar-refractivity contribution in [2.45, 2.75) is 26.2 Å². The number of H-pyrrole nitrogens is 1. The molecule has 1 aliphatic heterocycles. The number of fused-ring (bicyclic) bond motifs is 1. The highest BCUT2D eigenvalue weighted by Gasteiger charge is 2.30. The molecule has 1 N–H and O–H groups in total. The molecule has 1 atom stereocenters. The number of nitrogens with zero attached hydrogens (tertiary/aromatic N) is 4. The molecule has 4 rings (SSSR count). The van der Waals surface area contributed by atoms with Crippen LogP contribution in [0, 0.1) is 13.8 Å². The molecule has 0 spiro atoms. The summed E-state index contributed by atoms with van der Waals surface area (Å²) in [6, 6.07) is 5.67. The van der Waals surface area contributed by atoms with Crippen molar-refractivity contribution in [2.75, 3.05) is 13.1 Å². The summed E-state index contributed by atoms with van der Waals surface area (Å²) in [5.41, 5.74) is 3.54. The van der Waals surface area contributed by atoms with Crippen LogP contribution < -0.4 is 0 Å². The Bertz CT molecular complexity index is 923. The van der Waals surface area contributed by atoms with Gasteiger partial charge in [-0.2, -0.15) is 0 Å². The Kier molecular flexibility index (Phi) is 3.40. The first kappa shape index (κ1) is 14.9. The first-order valence-corrected chi connectivity index (χ1v) is 8.27. The van der Waals surface area contributed by atoms with Gasteiger partial charge in [0, 0.05) is 37.8 Å². The molecule has 3 heterocycles. The number of aryl methyl sites for hydroxylation is 3. The van der Waals surface area contributed by atoms with Gasteiger partial charge in [0.15, 0.2) is 0 Å². The van der Waals surface area contributed by atoms with Crippen LogP contribution in [0.4, 0.5) is 0 Å². The number of hydrogen-bond donors (Lipinski definition) is 1. The second-order valence-corrected chi connectivity index (χ2v) is 6.64. The lowest BCUT2D eigenvalue weighted by molar-refractivity contribution is 0.0790. The molecule has 6 nitrogen and oxygen atoms in total. The van der Waals surface area contributed by atoms with Gasteiger partial charge in [-0.1, -0.05) is 0 Å². The molecule has 2 aromatic heterocycles. The fourth-order valence-corrected chi connectivity index (χ4v) is 3.62. The fourth-order valence-electron chi connectivity index (χ4n) is 3.62. The third kappa shape index (κ3) is 2.48. The van der Waals surface area contributed by atoms with E-state index in [9.17, 15) is 4.79 Å². The second-order valence-electron chi connectivity index (χ2n) is 6.64. The van der Waals surface area contributed by atoms with E-state index in [1.54, 1.807) is 0 Å². The van der Waals surface area contributed by atoms with Crippen LogP contribution in [0.2, 0.25) is 0 Å². The molecule has 6 heteroatoms. The summed E-state index contributed by atoms with van der Waals surface area (Å²) in [4.78, 5) is 26.9. The van der Waals surface area contributed by atoms with Crippen LogP contribution in [-0.4, -0.2) is 43.4 Å². The fraction of sp³-hybridized carbons (Fsp3) is 0.389. The Morgan fingerprint density at radius 1 is 1.29 bits per heavy atom. The zero-order valence-corrected chi connectivity index (χ0v) is 14.2. The summed E-state index contributed by atoms with van der Waals surface area (Å²) < 4.78 is 2.08. The SMILES string of the molecule is Cc1cn(C)c(C2CCN(C(=O)c3ccc4nc(C)[nH]c4c3)C2)n1. The number of amides is 1. The van der Waals surface area contributed by atoms with Gasteiger partial charge in [-0.3, -0.25) is 4.79 Å². The third-order valence-corrected chi connectivity index (χ3v) is 4.72. The van der Waals surface area contributed by atoms with Gasteiger partial charge in [-0.25, -0.2) is 9.97 Å². The lowest BCUT2D eigenvalue weighted by atomic mass is 10.1. The van der Waals surface area contributed by atoms with Crippen molar-refractivity contribution in [1.29, 1.82) is 0 Å². The maximum Gasteiger partial charge on any atom is 0.253 e. The molecular weight excluding hydrogens is 302 g/mol. The summed E-state index contributed by atoms with van der Waals surface area (Å²) in [7, 11) is 2.02. The molecule has 1 aliphatic rings. The third-order valence-electron chi connectivity index (χ3n) is 4.72. The zero-order chi connectivity index (χ0) is 16.8. The quantitative estimate of drug-likeness (QED) is 0.788. The van der Waals surface area contributed by atoms with Gasteiger partial charge in [-0.15, -0.1) is 0 Å². The Morgan fingerprint density at radius 2 is 2.12 bits per heavy atom. The van der Waals surface area contributed by atoms with Gasteiger partial charge < -0.3 is 14.5 Å². The van der Waals surface area contributed by atoms with E-state index in [4.69, 9.17) is 0 Å². The minimum Gasteiger partial charge on any atom is -0.342 e. The standard InChI is InChI=1S/C18H21N5O/c1-11-9-22(3)17(19-11)14-6-7-23(10-14)18(24)13-4-5-15-16(8-13)21-12(2)20-15/h4-5,8-9,14H,6-7,10H2,1-3H3,(H,20,21). The van der Waals surface area contributed by atoms with E-state index < -0.39 is 0 Å². The van der Waals surface area contributed by atoms with E-state index in [1.165, 1.54) is 0 Å². The molecule has 1 unspecified atom stereocenters. The first-order chi connectivity index (χ1) is 11.5.